The number of imide groups is 1. The van der Waals surface area contributed by atoms with Crippen molar-refractivity contribution in [1.82, 2.24) is 4.90 Å². The van der Waals surface area contributed by atoms with Gasteiger partial charge in [-0.15, -0.1) is 16.8 Å². The smallest absolute Gasteiger partial charge is 0.445 e. The first-order chi connectivity index (χ1) is 13.4. The van der Waals surface area contributed by atoms with E-state index in [-0.39, 0.29) is 17.9 Å². The Kier molecular flexibility index (Phi) is 5.79. The number of dihydropyridines is 1. The van der Waals surface area contributed by atoms with Crippen molar-refractivity contribution in [2.45, 2.75) is 19.1 Å². The van der Waals surface area contributed by atoms with Gasteiger partial charge in [-0.3, -0.25) is 4.79 Å². The summed E-state index contributed by atoms with van der Waals surface area (Å²) in [6.45, 7) is 2.02. The maximum absolute atomic E-state index is 12.8. The predicted octanol–water partition coefficient (Wildman–Crippen LogP) is 2.70. The molecule has 0 fully saturated rings. The Hall–Kier alpha value is -2.74. The highest BCUT2D eigenvalue weighted by atomic mass is 32.2. The molecule has 1 atom stereocenters. The number of amides is 3. The lowest BCUT2D eigenvalue weighted by Gasteiger charge is -2.28. The van der Waals surface area contributed by atoms with Gasteiger partial charge >= 0.3 is 17.9 Å². The summed E-state index contributed by atoms with van der Waals surface area (Å²) in [4.78, 5) is 43.1. The first kappa shape index (κ1) is 20.0. The third kappa shape index (κ3) is 3.52. The van der Waals surface area contributed by atoms with Crippen molar-refractivity contribution in [2.24, 2.45) is 10.9 Å². The average molecular weight is 400 g/mol. The number of ether oxygens (including phenoxy) is 1. The monoisotopic (exact) mass is 400 g/mol. The lowest BCUT2D eigenvalue weighted by Crippen LogP contribution is -2.52. The van der Waals surface area contributed by atoms with Gasteiger partial charge in [0.15, 0.2) is 5.92 Å². The van der Waals surface area contributed by atoms with E-state index in [4.69, 9.17) is 4.74 Å². The Morgan fingerprint density at radius 2 is 1.96 bits per heavy atom. The molecule has 1 aromatic rings. The Bertz CT molecular complexity index is 931. The Balaban J connectivity index is 1.88. The van der Waals surface area contributed by atoms with Gasteiger partial charge in [-0.25, -0.2) is 9.59 Å². The lowest BCUT2D eigenvalue weighted by atomic mass is 9.97. The third-order valence-corrected chi connectivity index (χ3v) is 6.12. The number of urea groups is 1. The Morgan fingerprint density at radius 1 is 1.29 bits per heavy atom. The minimum Gasteiger partial charge on any atom is -0.465 e. The average Bonchev–Trinajstić information content (AvgIpc) is 2.73. The number of amidine groups is 1. The molecule has 0 spiro atoms. The summed E-state index contributed by atoms with van der Waals surface area (Å²) in [5, 5.41) is 0. The van der Waals surface area contributed by atoms with Crippen LogP contribution in [-0.2, 0) is 15.3 Å². The zero-order valence-electron chi connectivity index (χ0n) is 16.3. The number of hydrogen-bond acceptors (Lipinski definition) is 6. The Labute approximate surface area is 167 Å². The molecule has 0 bridgehead atoms. The number of rotatable bonds is 5. The summed E-state index contributed by atoms with van der Waals surface area (Å²) in [7, 11) is 4.48. The number of carbonyl (C=O) groups is 3. The van der Waals surface area contributed by atoms with E-state index >= 15 is 0 Å². The molecule has 0 radical (unpaired) electrons. The van der Waals surface area contributed by atoms with Crippen LogP contribution in [0.1, 0.15) is 29.3 Å². The minimum absolute atomic E-state index is 0.260. The van der Waals surface area contributed by atoms with Crippen LogP contribution < -0.4 is 0 Å². The van der Waals surface area contributed by atoms with E-state index in [1.807, 2.05) is 19.1 Å². The van der Waals surface area contributed by atoms with Crippen molar-refractivity contribution in [1.29, 1.82) is 0 Å². The zero-order valence-corrected chi connectivity index (χ0v) is 17.1. The van der Waals surface area contributed by atoms with E-state index < -0.39 is 5.92 Å². The van der Waals surface area contributed by atoms with Crippen molar-refractivity contribution >= 4 is 41.7 Å². The van der Waals surface area contributed by atoms with Gasteiger partial charge < -0.3 is 4.74 Å². The van der Waals surface area contributed by atoms with Gasteiger partial charge in [0.25, 0.3) is 5.84 Å². The standard InChI is InChI=1S/C20H22N3O4S/c1-5-13-10-21-17-15(18(24)23(3)20(26)22(17)2)16(13)28-11-12-6-8-14(9-7-12)19(25)27-4/h6-10,15H,5,11H2,1-4H3/q+1. The van der Waals surface area contributed by atoms with Gasteiger partial charge in [0.1, 0.15) is 6.21 Å². The molecule has 2 heterocycles. The second-order valence-corrected chi connectivity index (χ2v) is 7.53. The largest absolute Gasteiger partial charge is 0.465 e. The molecular weight excluding hydrogens is 378 g/mol. The van der Waals surface area contributed by atoms with Gasteiger partial charge in [-0.2, -0.15) is 9.48 Å². The SMILES string of the molecule is CCC1=C(SCc2ccc(C(=O)OC)cc2)C2C(=O)N(C)C(=O)[N+](C)=C2N=C1. The number of nitrogens with zero attached hydrogens (tertiary/aromatic N) is 3. The molecule has 0 saturated heterocycles. The van der Waals surface area contributed by atoms with Crippen LogP contribution in [0.4, 0.5) is 4.79 Å². The summed E-state index contributed by atoms with van der Waals surface area (Å²) in [6, 6.07) is 6.82. The molecule has 2 aliphatic rings. The number of carbonyl (C=O) groups excluding carboxylic acids is 3. The molecule has 0 N–H and O–H groups in total. The number of allylic oxidation sites excluding steroid dienone is 1. The van der Waals surface area contributed by atoms with Gasteiger partial charge in [0, 0.05) is 10.7 Å². The quantitative estimate of drug-likeness (QED) is 0.561. The number of aliphatic imine (C=N–C) groups is 1. The zero-order chi connectivity index (χ0) is 20.4. The summed E-state index contributed by atoms with van der Waals surface area (Å²) >= 11 is 1.56. The summed E-state index contributed by atoms with van der Waals surface area (Å²) in [5.74, 6) is -0.0984. The number of methoxy groups -OCH3 is 1. The van der Waals surface area contributed by atoms with Gasteiger partial charge in [-0.05, 0) is 29.7 Å². The van der Waals surface area contributed by atoms with Crippen molar-refractivity contribution in [3.63, 3.8) is 0 Å². The maximum Gasteiger partial charge on any atom is 0.445 e. The maximum atomic E-state index is 12.8. The summed E-state index contributed by atoms with van der Waals surface area (Å²) in [5.41, 5.74) is 2.51. The Morgan fingerprint density at radius 3 is 2.57 bits per heavy atom. The highest BCUT2D eigenvalue weighted by Crippen LogP contribution is 2.37. The fourth-order valence-corrected chi connectivity index (χ4v) is 4.43. The number of thioether (sulfide) groups is 1. The molecule has 7 nitrogen and oxygen atoms in total. The summed E-state index contributed by atoms with van der Waals surface area (Å²) in [6.07, 6.45) is 2.49. The van der Waals surface area contributed by atoms with Gasteiger partial charge in [0.2, 0.25) is 0 Å². The molecule has 1 unspecified atom stereocenters. The van der Waals surface area contributed by atoms with Crippen LogP contribution in [0.5, 0.6) is 0 Å². The normalized spacial score (nSPS) is 19.3. The first-order valence-electron chi connectivity index (χ1n) is 8.88. The molecule has 2 aliphatic heterocycles. The molecule has 0 aromatic heterocycles. The van der Waals surface area contributed by atoms with Crippen LogP contribution in [0.3, 0.4) is 0 Å². The number of esters is 1. The third-order valence-electron chi connectivity index (χ3n) is 4.83. The second kappa shape index (κ2) is 8.10. The first-order valence-corrected chi connectivity index (χ1v) is 9.86. The molecule has 0 saturated carbocycles. The fraction of sp³-hybridized carbons (Fsp3) is 0.350. The van der Waals surface area contributed by atoms with Gasteiger partial charge in [0.05, 0.1) is 26.8 Å². The molecule has 28 heavy (non-hydrogen) atoms. The van der Waals surface area contributed by atoms with Crippen LogP contribution in [0, 0.1) is 5.92 Å². The van der Waals surface area contributed by atoms with Crippen LogP contribution in [-0.4, -0.2) is 60.6 Å². The van der Waals surface area contributed by atoms with E-state index in [2.05, 4.69) is 4.99 Å². The van der Waals surface area contributed by atoms with Crippen molar-refractivity contribution in [2.75, 3.05) is 21.2 Å². The van der Waals surface area contributed by atoms with E-state index in [1.54, 1.807) is 37.2 Å². The van der Waals surface area contributed by atoms with Crippen LogP contribution in [0.2, 0.25) is 0 Å². The molecule has 8 heteroatoms. The molecule has 1 aromatic carbocycles. The predicted molar refractivity (Wildman–Crippen MR) is 108 cm³/mol. The van der Waals surface area contributed by atoms with Crippen molar-refractivity contribution < 1.29 is 23.7 Å². The number of hydrogen-bond donors (Lipinski definition) is 0. The summed E-state index contributed by atoms with van der Waals surface area (Å²) < 4.78 is 6.15. The molecule has 3 amide bonds. The van der Waals surface area contributed by atoms with E-state index in [0.29, 0.717) is 17.2 Å². The van der Waals surface area contributed by atoms with Gasteiger partial charge in [-0.1, -0.05) is 19.1 Å². The molecule has 0 aliphatic carbocycles. The van der Waals surface area contributed by atoms with Crippen LogP contribution in [0.25, 0.3) is 0 Å². The molecule has 146 valence electrons. The minimum atomic E-state index is -0.563. The highest BCUT2D eigenvalue weighted by Gasteiger charge is 2.48. The number of benzene rings is 1. The topological polar surface area (TPSA) is 79.1 Å². The van der Waals surface area contributed by atoms with E-state index in [1.165, 1.54) is 18.7 Å². The lowest BCUT2D eigenvalue weighted by molar-refractivity contribution is -0.407. The molecule has 3 rings (SSSR count). The second-order valence-electron chi connectivity index (χ2n) is 6.51. The van der Waals surface area contributed by atoms with Crippen molar-refractivity contribution in [3.05, 3.63) is 45.9 Å². The fourth-order valence-electron chi connectivity index (χ4n) is 3.16. The highest BCUT2D eigenvalue weighted by molar-refractivity contribution is 8.02. The van der Waals surface area contributed by atoms with Crippen LogP contribution in [0.15, 0.2) is 39.7 Å². The van der Waals surface area contributed by atoms with Crippen molar-refractivity contribution in [3.8, 4) is 0 Å². The van der Waals surface area contributed by atoms with E-state index in [0.717, 1.165) is 27.4 Å². The number of fused-ring (bicyclic) bond motifs is 1. The molecular formula is C20H22N3O4S+. The van der Waals surface area contributed by atoms with E-state index in [9.17, 15) is 14.4 Å². The van der Waals surface area contributed by atoms with Crippen LogP contribution >= 0.6 is 11.8 Å².